The van der Waals surface area contributed by atoms with Crippen LogP contribution in [0.15, 0.2) is 6.33 Å². The highest BCUT2D eigenvalue weighted by molar-refractivity contribution is 4.93. The van der Waals surface area contributed by atoms with E-state index in [0.717, 1.165) is 18.8 Å². The van der Waals surface area contributed by atoms with Gasteiger partial charge in [-0.1, -0.05) is 6.92 Å². The lowest BCUT2D eigenvalue weighted by Gasteiger charge is -2.27. The van der Waals surface area contributed by atoms with Gasteiger partial charge < -0.3 is 10.2 Å². The van der Waals surface area contributed by atoms with Gasteiger partial charge in [0.05, 0.1) is 13.2 Å². The minimum Gasteiger partial charge on any atom is -0.396 e. The minimum atomic E-state index is -0.472. The van der Waals surface area contributed by atoms with Crippen molar-refractivity contribution in [3.8, 4) is 0 Å². The Morgan fingerprint density at radius 1 is 1.33 bits per heavy atom. The fourth-order valence-electron chi connectivity index (χ4n) is 1.53. The quantitative estimate of drug-likeness (QED) is 0.709. The molecule has 0 aliphatic rings. The lowest BCUT2D eigenvalue weighted by Crippen LogP contribution is -2.32. The Hall–Kier alpha value is -0.940. The zero-order valence-corrected chi connectivity index (χ0v) is 9.35. The SMILES string of the molecule is CCn1ncnc1CC(CC)(CO)CO. The van der Waals surface area contributed by atoms with Gasteiger partial charge in [0.25, 0.3) is 0 Å². The Labute approximate surface area is 89.8 Å². The number of aliphatic hydroxyl groups excluding tert-OH is 2. The molecular weight excluding hydrogens is 194 g/mol. The molecule has 0 fully saturated rings. The third kappa shape index (κ3) is 2.54. The highest BCUT2D eigenvalue weighted by atomic mass is 16.3. The molecule has 1 heterocycles. The molecule has 0 aliphatic heterocycles. The van der Waals surface area contributed by atoms with Crippen molar-refractivity contribution in [1.82, 2.24) is 14.8 Å². The second-order valence-corrected chi connectivity index (χ2v) is 3.84. The summed E-state index contributed by atoms with van der Waals surface area (Å²) >= 11 is 0. The molecule has 0 spiro atoms. The van der Waals surface area contributed by atoms with Gasteiger partial charge in [0.2, 0.25) is 0 Å². The Balaban J connectivity index is 2.82. The Bertz CT molecular complexity index is 286. The molecule has 0 unspecified atom stereocenters. The van der Waals surface area contributed by atoms with Crippen LogP contribution in [0.3, 0.4) is 0 Å². The predicted octanol–water partition coefficient (Wildman–Crippen LogP) is 0.222. The van der Waals surface area contributed by atoms with E-state index in [1.54, 1.807) is 4.68 Å². The normalized spacial score (nSPS) is 12.0. The summed E-state index contributed by atoms with van der Waals surface area (Å²) < 4.78 is 1.79. The van der Waals surface area contributed by atoms with Gasteiger partial charge in [0, 0.05) is 18.4 Å². The molecule has 0 radical (unpaired) electrons. The van der Waals surface area contributed by atoms with Crippen LogP contribution in [0.1, 0.15) is 26.1 Å². The largest absolute Gasteiger partial charge is 0.396 e. The molecule has 0 saturated carbocycles. The van der Waals surface area contributed by atoms with Gasteiger partial charge in [-0.2, -0.15) is 5.10 Å². The van der Waals surface area contributed by atoms with Crippen molar-refractivity contribution in [2.24, 2.45) is 5.41 Å². The van der Waals surface area contributed by atoms with Gasteiger partial charge >= 0.3 is 0 Å². The number of rotatable bonds is 6. The molecule has 0 amide bonds. The number of nitrogens with zero attached hydrogens (tertiary/aromatic N) is 3. The zero-order chi connectivity index (χ0) is 11.3. The van der Waals surface area contributed by atoms with Crippen LogP contribution in [0.4, 0.5) is 0 Å². The van der Waals surface area contributed by atoms with Gasteiger partial charge in [0.1, 0.15) is 12.2 Å². The molecule has 0 atom stereocenters. The van der Waals surface area contributed by atoms with Crippen molar-refractivity contribution in [1.29, 1.82) is 0 Å². The van der Waals surface area contributed by atoms with E-state index in [4.69, 9.17) is 0 Å². The molecule has 1 rings (SSSR count). The number of hydrogen-bond donors (Lipinski definition) is 2. The van der Waals surface area contributed by atoms with Crippen LogP contribution in [0, 0.1) is 5.41 Å². The molecule has 5 nitrogen and oxygen atoms in total. The van der Waals surface area contributed by atoms with Gasteiger partial charge in [-0.25, -0.2) is 4.98 Å². The van der Waals surface area contributed by atoms with Crippen molar-refractivity contribution in [2.45, 2.75) is 33.2 Å². The van der Waals surface area contributed by atoms with E-state index in [2.05, 4.69) is 10.1 Å². The van der Waals surface area contributed by atoms with Gasteiger partial charge in [-0.05, 0) is 13.3 Å². The van der Waals surface area contributed by atoms with Crippen LogP contribution in [0.25, 0.3) is 0 Å². The molecule has 5 heteroatoms. The Kier molecular flexibility index (Phi) is 4.23. The van der Waals surface area contributed by atoms with E-state index >= 15 is 0 Å². The topological polar surface area (TPSA) is 71.2 Å². The average Bonchev–Trinajstić information content (AvgIpc) is 2.73. The van der Waals surface area contributed by atoms with Crippen LogP contribution in [-0.4, -0.2) is 38.2 Å². The van der Waals surface area contributed by atoms with Crippen LogP contribution in [0.2, 0.25) is 0 Å². The number of aromatic nitrogens is 3. The van der Waals surface area contributed by atoms with E-state index in [-0.39, 0.29) is 13.2 Å². The Morgan fingerprint density at radius 3 is 2.47 bits per heavy atom. The standard InChI is InChI=1S/C10H19N3O2/c1-3-10(6-14,7-15)5-9-11-8-12-13(9)4-2/h8,14-15H,3-7H2,1-2H3. The first-order valence-electron chi connectivity index (χ1n) is 5.29. The minimum absolute atomic E-state index is 0.0312. The predicted molar refractivity (Wildman–Crippen MR) is 56.3 cm³/mol. The average molecular weight is 213 g/mol. The van der Waals surface area contributed by atoms with E-state index in [9.17, 15) is 10.2 Å². The molecule has 86 valence electrons. The first-order valence-corrected chi connectivity index (χ1v) is 5.29. The summed E-state index contributed by atoms with van der Waals surface area (Å²) in [6.07, 6.45) is 2.79. The van der Waals surface area contributed by atoms with Crippen molar-refractivity contribution < 1.29 is 10.2 Å². The zero-order valence-electron chi connectivity index (χ0n) is 9.35. The summed E-state index contributed by atoms with van der Waals surface area (Å²) in [6, 6.07) is 0. The first-order chi connectivity index (χ1) is 7.21. The highest BCUT2D eigenvalue weighted by Crippen LogP contribution is 2.24. The van der Waals surface area contributed by atoms with Crippen molar-refractivity contribution >= 4 is 0 Å². The maximum atomic E-state index is 9.32. The number of hydrogen-bond acceptors (Lipinski definition) is 4. The maximum absolute atomic E-state index is 9.32. The summed E-state index contributed by atoms with van der Waals surface area (Å²) in [4.78, 5) is 4.15. The molecule has 2 N–H and O–H groups in total. The van der Waals surface area contributed by atoms with Crippen LogP contribution < -0.4 is 0 Å². The summed E-state index contributed by atoms with van der Waals surface area (Å²) in [5, 5.41) is 22.7. The van der Waals surface area contributed by atoms with E-state index < -0.39 is 5.41 Å². The monoisotopic (exact) mass is 213 g/mol. The number of aryl methyl sites for hydroxylation is 1. The van der Waals surface area contributed by atoms with Gasteiger partial charge in [-0.15, -0.1) is 0 Å². The first kappa shape index (κ1) is 12.1. The molecule has 1 aromatic heterocycles. The number of aliphatic hydroxyl groups is 2. The molecular formula is C10H19N3O2. The fraction of sp³-hybridized carbons (Fsp3) is 0.800. The summed E-state index contributed by atoms with van der Waals surface area (Å²) in [6.45, 7) is 4.64. The maximum Gasteiger partial charge on any atom is 0.138 e. The van der Waals surface area contributed by atoms with Gasteiger partial charge in [-0.3, -0.25) is 4.68 Å². The van der Waals surface area contributed by atoms with Crippen LogP contribution in [0.5, 0.6) is 0 Å². The highest BCUT2D eigenvalue weighted by Gasteiger charge is 2.28. The summed E-state index contributed by atoms with van der Waals surface area (Å²) in [5.74, 6) is 0.822. The molecule has 1 aromatic rings. The summed E-state index contributed by atoms with van der Waals surface area (Å²) in [5.41, 5.74) is -0.472. The fourth-order valence-corrected chi connectivity index (χ4v) is 1.53. The van der Waals surface area contributed by atoms with E-state index in [1.165, 1.54) is 6.33 Å². The second kappa shape index (κ2) is 5.23. The lowest BCUT2D eigenvalue weighted by molar-refractivity contribution is 0.0488. The lowest BCUT2D eigenvalue weighted by atomic mass is 9.83. The van der Waals surface area contributed by atoms with Crippen LogP contribution in [-0.2, 0) is 13.0 Å². The van der Waals surface area contributed by atoms with Crippen LogP contribution >= 0.6 is 0 Å². The summed E-state index contributed by atoms with van der Waals surface area (Å²) in [7, 11) is 0. The molecule has 0 aromatic carbocycles. The molecule has 15 heavy (non-hydrogen) atoms. The van der Waals surface area contributed by atoms with Crippen molar-refractivity contribution in [3.05, 3.63) is 12.2 Å². The van der Waals surface area contributed by atoms with E-state index in [0.29, 0.717) is 6.42 Å². The van der Waals surface area contributed by atoms with Gasteiger partial charge in [0.15, 0.2) is 0 Å². The third-order valence-electron chi connectivity index (χ3n) is 2.95. The van der Waals surface area contributed by atoms with E-state index in [1.807, 2.05) is 13.8 Å². The Morgan fingerprint density at radius 2 is 2.00 bits per heavy atom. The third-order valence-corrected chi connectivity index (χ3v) is 2.95. The van der Waals surface area contributed by atoms with Crippen molar-refractivity contribution in [2.75, 3.05) is 13.2 Å². The molecule has 0 saturated heterocycles. The molecule has 0 bridgehead atoms. The van der Waals surface area contributed by atoms with Crippen molar-refractivity contribution in [3.63, 3.8) is 0 Å². The second-order valence-electron chi connectivity index (χ2n) is 3.84. The smallest absolute Gasteiger partial charge is 0.138 e. The molecule has 0 aliphatic carbocycles.